The van der Waals surface area contributed by atoms with E-state index in [0.29, 0.717) is 27.7 Å². The number of alkyl halides is 3. The van der Waals surface area contributed by atoms with Gasteiger partial charge in [-0.25, -0.2) is 4.98 Å². The highest BCUT2D eigenvalue weighted by Crippen LogP contribution is 2.38. The Bertz CT molecular complexity index is 877. The first-order valence-electron chi connectivity index (χ1n) is 7.41. The average Bonchev–Trinajstić information content (AvgIpc) is 3.07. The molecular weight excluding hydrogens is 349 g/mol. The first-order chi connectivity index (χ1) is 11.9. The molecule has 0 atom stereocenters. The number of nitrogens with one attached hydrogen (secondary N) is 1. The standard InChI is InChI=1S/C18H15F3N2OS/c1-11-9-12(3-6-16(11)24-2)14-10-13(18(19,20)21)4-5-15(14)23-17-22-7-8-25-17/h3-10H,1-2H3,(H,22,23). The van der Waals surface area contributed by atoms with Crippen LogP contribution in [-0.4, -0.2) is 12.1 Å². The lowest BCUT2D eigenvalue weighted by atomic mass is 9.98. The minimum Gasteiger partial charge on any atom is -0.496 e. The van der Waals surface area contributed by atoms with Gasteiger partial charge in [-0.3, -0.25) is 0 Å². The first-order valence-corrected chi connectivity index (χ1v) is 8.29. The van der Waals surface area contributed by atoms with Crippen LogP contribution in [0.2, 0.25) is 0 Å². The molecule has 2 aromatic carbocycles. The zero-order valence-electron chi connectivity index (χ0n) is 13.5. The Morgan fingerprint density at radius 3 is 2.52 bits per heavy atom. The second kappa shape index (κ2) is 6.76. The zero-order chi connectivity index (χ0) is 18.0. The topological polar surface area (TPSA) is 34.1 Å². The number of benzene rings is 2. The van der Waals surface area contributed by atoms with Crippen LogP contribution < -0.4 is 10.1 Å². The number of thiazole rings is 1. The molecule has 0 aliphatic rings. The van der Waals surface area contributed by atoms with Gasteiger partial charge in [0.25, 0.3) is 0 Å². The minimum absolute atomic E-state index is 0.454. The molecule has 0 saturated carbocycles. The van der Waals surface area contributed by atoms with Crippen molar-refractivity contribution < 1.29 is 17.9 Å². The lowest BCUT2D eigenvalue weighted by molar-refractivity contribution is -0.137. The largest absolute Gasteiger partial charge is 0.496 e. The van der Waals surface area contributed by atoms with Gasteiger partial charge in [-0.2, -0.15) is 13.2 Å². The normalized spacial score (nSPS) is 11.4. The van der Waals surface area contributed by atoms with E-state index >= 15 is 0 Å². The molecule has 0 fully saturated rings. The summed E-state index contributed by atoms with van der Waals surface area (Å²) in [5, 5.41) is 5.50. The van der Waals surface area contributed by atoms with E-state index in [1.54, 1.807) is 36.9 Å². The van der Waals surface area contributed by atoms with Crippen molar-refractivity contribution in [3.8, 4) is 16.9 Å². The summed E-state index contributed by atoms with van der Waals surface area (Å²) in [5.74, 6) is 0.685. The van der Waals surface area contributed by atoms with Gasteiger partial charge in [-0.05, 0) is 48.4 Å². The minimum atomic E-state index is -4.41. The number of hydrogen-bond acceptors (Lipinski definition) is 4. The monoisotopic (exact) mass is 364 g/mol. The summed E-state index contributed by atoms with van der Waals surface area (Å²) >= 11 is 1.38. The Hall–Kier alpha value is -2.54. The molecule has 0 unspecified atom stereocenters. The van der Waals surface area contributed by atoms with E-state index in [4.69, 9.17) is 4.74 Å². The highest BCUT2D eigenvalue weighted by Gasteiger charge is 2.31. The highest BCUT2D eigenvalue weighted by molar-refractivity contribution is 7.13. The van der Waals surface area contributed by atoms with Gasteiger partial charge in [-0.1, -0.05) is 6.07 Å². The molecule has 0 spiro atoms. The molecule has 0 aliphatic carbocycles. The third-order valence-electron chi connectivity index (χ3n) is 3.73. The van der Waals surface area contributed by atoms with Gasteiger partial charge in [0, 0.05) is 22.8 Å². The summed E-state index contributed by atoms with van der Waals surface area (Å²) in [6.45, 7) is 1.85. The van der Waals surface area contributed by atoms with E-state index in [-0.39, 0.29) is 0 Å². The van der Waals surface area contributed by atoms with Crippen LogP contribution in [0.15, 0.2) is 48.0 Å². The number of rotatable bonds is 4. The van der Waals surface area contributed by atoms with Gasteiger partial charge in [0.2, 0.25) is 0 Å². The molecule has 1 heterocycles. The number of aromatic nitrogens is 1. The molecule has 0 radical (unpaired) electrons. The van der Waals surface area contributed by atoms with Crippen LogP contribution in [0, 0.1) is 6.92 Å². The number of anilines is 2. The molecule has 1 N–H and O–H groups in total. The van der Waals surface area contributed by atoms with Gasteiger partial charge in [-0.15, -0.1) is 11.3 Å². The zero-order valence-corrected chi connectivity index (χ0v) is 14.3. The first kappa shape index (κ1) is 17.3. The van der Waals surface area contributed by atoms with Crippen molar-refractivity contribution in [3.63, 3.8) is 0 Å². The molecule has 3 aromatic rings. The predicted molar refractivity (Wildman–Crippen MR) is 93.6 cm³/mol. The summed E-state index contributed by atoms with van der Waals surface area (Å²) in [6.07, 6.45) is -2.77. The Morgan fingerprint density at radius 1 is 1.12 bits per heavy atom. The Morgan fingerprint density at radius 2 is 1.92 bits per heavy atom. The molecule has 7 heteroatoms. The quantitative estimate of drug-likeness (QED) is 0.627. The van der Waals surface area contributed by atoms with E-state index in [1.807, 2.05) is 6.92 Å². The van der Waals surface area contributed by atoms with Gasteiger partial charge in [0.15, 0.2) is 5.13 Å². The number of halogens is 3. The van der Waals surface area contributed by atoms with Crippen LogP contribution in [0.5, 0.6) is 5.75 Å². The maximum absolute atomic E-state index is 13.1. The Balaban J connectivity index is 2.11. The van der Waals surface area contributed by atoms with Crippen LogP contribution in [0.4, 0.5) is 24.0 Å². The fraction of sp³-hybridized carbons (Fsp3) is 0.167. The Kier molecular flexibility index (Phi) is 4.67. The third kappa shape index (κ3) is 3.76. The van der Waals surface area contributed by atoms with Crippen molar-refractivity contribution >= 4 is 22.2 Å². The summed E-state index contributed by atoms with van der Waals surface area (Å²) in [7, 11) is 1.56. The number of methoxy groups -OCH3 is 1. The van der Waals surface area contributed by atoms with E-state index in [2.05, 4.69) is 10.3 Å². The molecule has 25 heavy (non-hydrogen) atoms. The van der Waals surface area contributed by atoms with Crippen molar-refractivity contribution in [1.29, 1.82) is 0 Å². The number of nitrogens with zero attached hydrogens (tertiary/aromatic N) is 1. The predicted octanol–water partition coefficient (Wildman–Crippen LogP) is 5.89. The Labute approximate surface area is 147 Å². The summed E-state index contributed by atoms with van der Waals surface area (Å²) in [4.78, 5) is 4.13. The van der Waals surface area contributed by atoms with Crippen LogP contribution in [0.1, 0.15) is 11.1 Å². The van der Waals surface area contributed by atoms with E-state index in [0.717, 1.165) is 17.7 Å². The lowest BCUT2D eigenvalue weighted by Crippen LogP contribution is -2.06. The summed E-state index contributed by atoms with van der Waals surface area (Å²) < 4.78 is 44.6. The van der Waals surface area contributed by atoms with Gasteiger partial charge in [0.05, 0.1) is 12.7 Å². The number of hydrogen-bond donors (Lipinski definition) is 1. The lowest BCUT2D eigenvalue weighted by Gasteiger charge is -2.15. The van der Waals surface area contributed by atoms with Gasteiger partial charge >= 0.3 is 6.18 Å². The third-order valence-corrected chi connectivity index (χ3v) is 4.42. The fourth-order valence-corrected chi connectivity index (χ4v) is 3.06. The van der Waals surface area contributed by atoms with Crippen LogP contribution in [0.3, 0.4) is 0 Å². The number of ether oxygens (including phenoxy) is 1. The van der Waals surface area contributed by atoms with Gasteiger partial charge < -0.3 is 10.1 Å². The molecule has 3 nitrogen and oxygen atoms in total. The second-order valence-corrected chi connectivity index (χ2v) is 6.30. The SMILES string of the molecule is COc1ccc(-c2cc(C(F)(F)F)ccc2Nc2nccs2)cc1C. The van der Waals surface area contributed by atoms with Crippen molar-refractivity contribution in [2.24, 2.45) is 0 Å². The molecule has 3 rings (SSSR count). The highest BCUT2D eigenvalue weighted by atomic mass is 32.1. The van der Waals surface area contributed by atoms with E-state index in [1.165, 1.54) is 17.4 Å². The molecular formula is C18H15F3N2OS. The maximum Gasteiger partial charge on any atom is 0.416 e. The van der Waals surface area contributed by atoms with Crippen LogP contribution in [-0.2, 0) is 6.18 Å². The van der Waals surface area contributed by atoms with E-state index < -0.39 is 11.7 Å². The van der Waals surface area contributed by atoms with Gasteiger partial charge in [0.1, 0.15) is 5.75 Å². The average molecular weight is 364 g/mol. The van der Waals surface area contributed by atoms with Crippen LogP contribution in [0.25, 0.3) is 11.1 Å². The van der Waals surface area contributed by atoms with Crippen molar-refractivity contribution in [1.82, 2.24) is 4.98 Å². The van der Waals surface area contributed by atoms with E-state index in [9.17, 15) is 13.2 Å². The smallest absolute Gasteiger partial charge is 0.416 e. The summed E-state index contributed by atoms with van der Waals surface area (Å²) in [5.41, 5.74) is 1.84. The molecule has 130 valence electrons. The molecule has 1 aromatic heterocycles. The molecule has 0 aliphatic heterocycles. The summed E-state index contributed by atoms with van der Waals surface area (Å²) in [6, 6.07) is 8.94. The molecule has 0 saturated heterocycles. The van der Waals surface area contributed by atoms with Crippen molar-refractivity contribution in [2.45, 2.75) is 13.1 Å². The second-order valence-electron chi connectivity index (χ2n) is 5.40. The van der Waals surface area contributed by atoms with Crippen LogP contribution >= 0.6 is 11.3 Å². The van der Waals surface area contributed by atoms with Crippen molar-refractivity contribution in [2.75, 3.05) is 12.4 Å². The van der Waals surface area contributed by atoms with Crippen molar-refractivity contribution in [3.05, 3.63) is 59.1 Å². The number of aryl methyl sites for hydroxylation is 1. The fourth-order valence-electron chi connectivity index (χ4n) is 2.51. The molecule has 0 amide bonds. The maximum atomic E-state index is 13.1. The molecule has 0 bridgehead atoms.